The molecule has 0 spiro atoms. The number of nitrogens with one attached hydrogen (secondary N) is 1. The molecule has 114 valence electrons. The van der Waals surface area contributed by atoms with E-state index in [0.29, 0.717) is 5.92 Å². The van der Waals surface area contributed by atoms with E-state index in [2.05, 4.69) is 29.6 Å². The van der Waals surface area contributed by atoms with Crippen LogP contribution in [0.3, 0.4) is 0 Å². The van der Waals surface area contributed by atoms with E-state index >= 15 is 0 Å². The van der Waals surface area contributed by atoms with Crippen molar-refractivity contribution in [2.24, 2.45) is 5.92 Å². The van der Waals surface area contributed by atoms with Gasteiger partial charge in [0.2, 0.25) is 11.8 Å². The normalized spacial score (nSPS) is 15.8. The number of likely N-dealkylation sites (tertiary alicyclic amines) is 1. The number of hydrogen-bond acceptors (Lipinski definition) is 2. The van der Waals surface area contributed by atoms with Gasteiger partial charge in [-0.25, -0.2) is 0 Å². The summed E-state index contributed by atoms with van der Waals surface area (Å²) < 4.78 is 0. The van der Waals surface area contributed by atoms with Crippen LogP contribution in [0.1, 0.15) is 18.4 Å². The molecule has 0 saturated carbocycles. The average molecular weight is 309 g/mol. The Bertz CT molecular complexity index is 470. The van der Waals surface area contributed by atoms with Gasteiger partial charge in [0.25, 0.3) is 0 Å². The fraction of sp³-hybridized carbons (Fsp3) is 0.500. The van der Waals surface area contributed by atoms with Gasteiger partial charge in [0.1, 0.15) is 5.88 Å². The van der Waals surface area contributed by atoms with Crippen molar-refractivity contribution in [3.63, 3.8) is 0 Å². The first kappa shape index (κ1) is 15.8. The number of alkyl halides is 1. The highest BCUT2D eigenvalue weighted by molar-refractivity contribution is 6.27. The second kappa shape index (κ2) is 8.03. The van der Waals surface area contributed by atoms with E-state index in [1.165, 1.54) is 5.56 Å². The van der Waals surface area contributed by atoms with Gasteiger partial charge in [-0.1, -0.05) is 30.3 Å². The number of benzene rings is 1. The van der Waals surface area contributed by atoms with Gasteiger partial charge in [0.05, 0.1) is 6.54 Å². The first-order valence-electron chi connectivity index (χ1n) is 7.33. The van der Waals surface area contributed by atoms with E-state index in [1.54, 1.807) is 0 Å². The molecular weight excluding hydrogens is 288 g/mol. The monoisotopic (exact) mass is 308 g/mol. The molecule has 1 aliphatic rings. The highest BCUT2D eigenvalue weighted by Gasteiger charge is 2.22. The van der Waals surface area contributed by atoms with Crippen LogP contribution in [0.15, 0.2) is 30.3 Å². The second-order valence-electron chi connectivity index (χ2n) is 5.42. The van der Waals surface area contributed by atoms with Gasteiger partial charge in [0.15, 0.2) is 0 Å². The molecule has 1 fully saturated rings. The molecule has 1 saturated heterocycles. The summed E-state index contributed by atoms with van der Waals surface area (Å²) in [6, 6.07) is 10.5. The molecular formula is C16H21ClN2O2. The van der Waals surface area contributed by atoms with E-state index in [0.717, 1.165) is 32.4 Å². The van der Waals surface area contributed by atoms with E-state index in [4.69, 9.17) is 11.6 Å². The zero-order valence-electron chi connectivity index (χ0n) is 12.1. The lowest BCUT2D eigenvalue weighted by Gasteiger charge is -2.32. The number of carbonyl (C=O) groups is 2. The van der Waals surface area contributed by atoms with Crippen LogP contribution in [0.2, 0.25) is 0 Å². The van der Waals surface area contributed by atoms with Crippen molar-refractivity contribution in [3.8, 4) is 0 Å². The van der Waals surface area contributed by atoms with Crippen molar-refractivity contribution in [1.29, 1.82) is 0 Å². The Labute approximate surface area is 130 Å². The lowest BCUT2D eigenvalue weighted by Crippen LogP contribution is -2.44. The summed E-state index contributed by atoms with van der Waals surface area (Å²) in [5.74, 6) is 0.205. The Morgan fingerprint density at radius 1 is 1.19 bits per heavy atom. The third kappa shape index (κ3) is 5.05. The molecule has 0 aromatic heterocycles. The molecule has 0 aliphatic carbocycles. The van der Waals surface area contributed by atoms with Gasteiger partial charge in [0, 0.05) is 13.1 Å². The molecule has 2 rings (SSSR count). The van der Waals surface area contributed by atoms with Crippen LogP contribution in [0, 0.1) is 5.92 Å². The van der Waals surface area contributed by atoms with Crippen molar-refractivity contribution in [2.75, 3.05) is 25.5 Å². The topological polar surface area (TPSA) is 49.4 Å². The van der Waals surface area contributed by atoms with E-state index in [1.807, 2.05) is 11.0 Å². The molecule has 21 heavy (non-hydrogen) atoms. The van der Waals surface area contributed by atoms with Crippen molar-refractivity contribution >= 4 is 23.4 Å². The van der Waals surface area contributed by atoms with Crippen LogP contribution in [0.5, 0.6) is 0 Å². The Morgan fingerprint density at radius 2 is 1.86 bits per heavy atom. The van der Waals surface area contributed by atoms with Crippen LogP contribution in [0.25, 0.3) is 0 Å². The van der Waals surface area contributed by atoms with E-state index < -0.39 is 0 Å². The van der Waals surface area contributed by atoms with Gasteiger partial charge >= 0.3 is 0 Å². The average Bonchev–Trinajstić information content (AvgIpc) is 2.54. The summed E-state index contributed by atoms with van der Waals surface area (Å²) in [6.07, 6.45) is 3.11. The zero-order chi connectivity index (χ0) is 15.1. The molecule has 0 unspecified atom stereocenters. The molecule has 1 N–H and O–H groups in total. The molecule has 1 aliphatic heterocycles. The molecule has 0 atom stereocenters. The molecule has 1 aromatic carbocycles. The maximum absolute atomic E-state index is 12.0. The lowest BCUT2D eigenvalue weighted by molar-refractivity contribution is -0.133. The minimum Gasteiger partial charge on any atom is -0.346 e. The van der Waals surface area contributed by atoms with Crippen molar-refractivity contribution in [3.05, 3.63) is 35.9 Å². The Morgan fingerprint density at radius 3 is 2.48 bits per heavy atom. The third-order valence-electron chi connectivity index (χ3n) is 3.89. The van der Waals surface area contributed by atoms with E-state index in [-0.39, 0.29) is 24.2 Å². The quantitative estimate of drug-likeness (QED) is 0.844. The second-order valence-corrected chi connectivity index (χ2v) is 5.69. The predicted octanol–water partition coefficient (Wildman–Crippen LogP) is 1.82. The molecule has 0 bridgehead atoms. The first-order chi connectivity index (χ1) is 10.2. The summed E-state index contributed by atoms with van der Waals surface area (Å²) in [7, 11) is 0. The SMILES string of the molecule is O=C(CCl)NCC(=O)N1CCC(Cc2ccccc2)CC1. The molecule has 1 heterocycles. The molecule has 0 radical (unpaired) electrons. The Balaban J connectivity index is 1.72. The van der Waals surface area contributed by atoms with Crippen LogP contribution < -0.4 is 5.32 Å². The van der Waals surface area contributed by atoms with Gasteiger partial charge in [-0.05, 0) is 30.7 Å². The van der Waals surface area contributed by atoms with Crippen LogP contribution in [-0.4, -0.2) is 42.2 Å². The van der Waals surface area contributed by atoms with Crippen LogP contribution in [0.4, 0.5) is 0 Å². The van der Waals surface area contributed by atoms with Crippen molar-refractivity contribution in [1.82, 2.24) is 10.2 Å². The Kier molecular flexibility index (Phi) is 6.05. The highest BCUT2D eigenvalue weighted by Crippen LogP contribution is 2.21. The summed E-state index contributed by atoms with van der Waals surface area (Å²) in [6.45, 7) is 1.59. The summed E-state index contributed by atoms with van der Waals surface area (Å²) in [5.41, 5.74) is 1.36. The predicted molar refractivity (Wildman–Crippen MR) is 83.2 cm³/mol. The Hall–Kier alpha value is -1.55. The molecule has 1 aromatic rings. The van der Waals surface area contributed by atoms with Gasteiger partial charge in [-0.3, -0.25) is 9.59 Å². The number of carbonyl (C=O) groups excluding carboxylic acids is 2. The van der Waals surface area contributed by atoms with Gasteiger partial charge < -0.3 is 10.2 Å². The number of hydrogen-bond donors (Lipinski definition) is 1. The van der Waals surface area contributed by atoms with E-state index in [9.17, 15) is 9.59 Å². The smallest absolute Gasteiger partial charge is 0.241 e. The third-order valence-corrected chi connectivity index (χ3v) is 4.14. The summed E-state index contributed by atoms with van der Waals surface area (Å²) in [4.78, 5) is 24.8. The maximum Gasteiger partial charge on any atom is 0.241 e. The maximum atomic E-state index is 12.0. The number of piperidine rings is 1. The fourth-order valence-electron chi connectivity index (χ4n) is 2.67. The summed E-state index contributed by atoms with van der Waals surface area (Å²) >= 11 is 5.38. The standard InChI is InChI=1S/C16H21ClN2O2/c17-11-15(20)18-12-16(21)19-8-6-14(7-9-19)10-13-4-2-1-3-5-13/h1-5,14H,6-12H2,(H,18,20). The van der Waals surface area contributed by atoms with Crippen LogP contribution in [-0.2, 0) is 16.0 Å². The number of halogens is 1. The van der Waals surface area contributed by atoms with Crippen LogP contribution >= 0.6 is 11.6 Å². The number of amides is 2. The number of rotatable bonds is 5. The molecule has 4 nitrogen and oxygen atoms in total. The molecule has 2 amide bonds. The summed E-state index contributed by atoms with van der Waals surface area (Å²) in [5, 5.41) is 2.52. The van der Waals surface area contributed by atoms with Gasteiger partial charge in [-0.15, -0.1) is 11.6 Å². The zero-order valence-corrected chi connectivity index (χ0v) is 12.8. The minimum atomic E-state index is -0.302. The molecule has 5 heteroatoms. The minimum absolute atomic E-state index is 0.0216. The largest absolute Gasteiger partial charge is 0.346 e. The number of nitrogens with zero attached hydrogens (tertiary/aromatic N) is 1. The van der Waals surface area contributed by atoms with Gasteiger partial charge in [-0.2, -0.15) is 0 Å². The first-order valence-corrected chi connectivity index (χ1v) is 7.87. The van der Waals surface area contributed by atoms with Crippen molar-refractivity contribution in [2.45, 2.75) is 19.3 Å². The highest BCUT2D eigenvalue weighted by atomic mass is 35.5. The van der Waals surface area contributed by atoms with Crippen molar-refractivity contribution < 1.29 is 9.59 Å². The lowest BCUT2D eigenvalue weighted by atomic mass is 9.90. The fourth-order valence-corrected chi connectivity index (χ4v) is 2.76.